The third-order valence-corrected chi connectivity index (χ3v) is 3.65. The minimum Gasteiger partial charge on any atom is -0.322 e. The van der Waals surface area contributed by atoms with Crippen LogP contribution in [0.1, 0.15) is 24.9 Å². The highest BCUT2D eigenvalue weighted by molar-refractivity contribution is 7.07. The molecule has 0 saturated heterocycles. The Bertz CT molecular complexity index is 640. The monoisotopic (exact) mass is 257 g/mol. The first-order valence-corrected chi connectivity index (χ1v) is 7.14. The van der Waals surface area contributed by atoms with Crippen LogP contribution < -0.4 is 0 Å². The molecular formula is C14H15N3S. The van der Waals surface area contributed by atoms with Gasteiger partial charge in [-0.05, 0) is 18.6 Å². The zero-order valence-corrected chi connectivity index (χ0v) is 11.2. The molecule has 92 valence electrons. The van der Waals surface area contributed by atoms with E-state index in [-0.39, 0.29) is 0 Å². The first-order valence-electron chi connectivity index (χ1n) is 6.19. The van der Waals surface area contributed by atoms with Gasteiger partial charge in [0.1, 0.15) is 5.82 Å². The van der Waals surface area contributed by atoms with Crippen molar-refractivity contribution in [2.24, 2.45) is 0 Å². The molecule has 0 N–H and O–H groups in total. The first-order chi connectivity index (χ1) is 8.88. The fraction of sp³-hybridized carbons (Fsp3) is 0.286. The van der Waals surface area contributed by atoms with Gasteiger partial charge >= 0.3 is 0 Å². The number of thiazole rings is 1. The smallest absolute Gasteiger partial charge is 0.110 e. The molecule has 4 heteroatoms. The summed E-state index contributed by atoms with van der Waals surface area (Å²) in [5.74, 6) is 1.16. The maximum atomic E-state index is 4.72. The number of hydrogen-bond acceptors (Lipinski definition) is 3. The summed E-state index contributed by atoms with van der Waals surface area (Å²) in [4.78, 5) is 9.09. The van der Waals surface area contributed by atoms with Crippen molar-refractivity contribution in [1.82, 2.24) is 14.5 Å². The van der Waals surface area contributed by atoms with Gasteiger partial charge in [0.05, 0.1) is 28.8 Å². The van der Waals surface area contributed by atoms with Crippen LogP contribution in [0.15, 0.2) is 35.2 Å². The second-order valence-electron chi connectivity index (χ2n) is 4.33. The fourth-order valence-corrected chi connectivity index (χ4v) is 2.74. The molecule has 0 fully saturated rings. The Kier molecular flexibility index (Phi) is 3.11. The van der Waals surface area contributed by atoms with Crippen LogP contribution in [0.2, 0.25) is 0 Å². The van der Waals surface area contributed by atoms with E-state index in [1.54, 1.807) is 11.3 Å². The molecule has 0 aliphatic heterocycles. The maximum absolute atomic E-state index is 4.72. The van der Waals surface area contributed by atoms with E-state index >= 15 is 0 Å². The molecule has 0 spiro atoms. The largest absolute Gasteiger partial charge is 0.322 e. The summed E-state index contributed by atoms with van der Waals surface area (Å²) in [5, 5.41) is 2.10. The van der Waals surface area contributed by atoms with Gasteiger partial charge in [0, 0.05) is 11.8 Å². The molecule has 0 aliphatic rings. The summed E-state index contributed by atoms with van der Waals surface area (Å²) in [6.07, 6.45) is 2.12. The average Bonchev–Trinajstić information content (AvgIpc) is 3.00. The van der Waals surface area contributed by atoms with Crippen LogP contribution in [0.25, 0.3) is 11.0 Å². The molecule has 18 heavy (non-hydrogen) atoms. The van der Waals surface area contributed by atoms with Crippen LogP contribution in [0.5, 0.6) is 0 Å². The Hall–Kier alpha value is -1.68. The Labute approximate surface area is 110 Å². The van der Waals surface area contributed by atoms with Gasteiger partial charge in [-0.2, -0.15) is 0 Å². The van der Waals surface area contributed by atoms with E-state index in [9.17, 15) is 0 Å². The van der Waals surface area contributed by atoms with Crippen molar-refractivity contribution in [2.75, 3.05) is 0 Å². The van der Waals surface area contributed by atoms with E-state index in [1.807, 2.05) is 11.6 Å². The van der Waals surface area contributed by atoms with Gasteiger partial charge in [0.25, 0.3) is 0 Å². The second kappa shape index (κ2) is 4.90. The number of nitrogens with zero attached hydrogens (tertiary/aromatic N) is 3. The quantitative estimate of drug-likeness (QED) is 0.716. The molecule has 0 unspecified atom stereocenters. The molecule has 2 heterocycles. The van der Waals surface area contributed by atoms with Crippen molar-refractivity contribution in [3.63, 3.8) is 0 Å². The molecule has 3 nitrogen and oxygen atoms in total. The molecule has 3 rings (SSSR count). The predicted octanol–water partition coefficient (Wildman–Crippen LogP) is 3.49. The summed E-state index contributed by atoms with van der Waals surface area (Å²) in [6, 6.07) is 8.31. The standard InChI is InChI=1S/C14H15N3S/c1-2-5-14-16-12-6-3-4-7-13(12)17(14)8-11-9-18-10-15-11/h3-4,6-7,9-10H,2,5,8H2,1H3. The molecular weight excluding hydrogens is 242 g/mol. The van der Waals surface area contributed by atoms with Gasteiger partial charge < -0.3 is 4.57 Å². The molecule has 0 bridgehead atoms. The number of rotatable bonds is 4. The van der Waals surface area contributed by atoms with Crippen LogP contribution >= 0.6 is 11.3 Å². The van der Waals surface area contributed by atoms with Crippen molar-refractivity contribution in [1.29, 1.82) is 0 Å². The van der Waals surface area contributed by atoms with E-state index < -0.39 is 0 Å². The Balaban J connectivity index is 2.09. The summed E-state index contributed by atoms with van der Waals surface area (Å²) in [7, 11) is 0. The van der Waals surface area contributed by atoms with E-state index in [1.165, 1.54) is 5.52 Å². The molecule has 3 aromatic rings. The van der Waals surface area contributed by atoms with Crippen molar-refractivity contribution in [3.05, 3.63) is 46.7 Å². The number of benzene rings is 1. The van der Waals surface area contributed by atoms with Gasteiger partial charge in [-0.25, -0.2) is 9.97 Å². The van der Waals surface area contributed by atoms with Gasteiger partial charge in [-0.15, -0.1) is 11.3 Å². The summed E-state index contributed by atoms with van der Waals surface area (Å²) in [6.45, 7) is 3.01. The Morgan fingerprint density at radius 1 is 1.28 bits per heavy atom. The maximum Gasteiger partial charge on any atom is 0.110 e. The Morgan fingerprint density at radius 2 is 2.17 bits per heavy atom. The van der Waals surface area contributed by atoms with Crippen molar-refractivity contribution < 1.29 is 0 Å². The van der Waals surface area contributed by atoms with Crippen LogP contribution in [-0.2, 0) is 13.0 Å². The highest BCUT2D eigenvalue weighted by Crippen LogP contribution is 2.18. The van der Waals surface area contributed by atoms with E-state index in [4.69, 9.17) is 4.98 Å². The van der Waals surface area contributed by atoms with Gasteiger partial charge in [0.2, 0.25) is 0 Å². The number of aryl methyl sites for hydroxylation is 1. The fourth-order valence-electron chi connectivity index (χ4n) is 2.19. The van der Waals surface area contributed by atoms with Crippen molar-refractivity contribution in [3.8, 4) is 0 Å². The highest BCUT2D eigenvalue weighted by atomic mass is 32.1. The number of imidazole rings is 1. The van der Waals surface area contributed by atoms with Crippen LogP contribution in [0.3, 0.4) is 0 Å². The minimum atomic E-state index is 0.819. The number of hydrogen-bond donors (Lipinski definition) is 0. The van der Waals surface area contributed by atoms with Gasteiger partial charge in [-0.1, -0.05) is 19.1 Å². The van der Waals surface area contributed by atoms with Crippen molar-refractivity contribution in [2.45, 2.75) is 26.3 Å². The second-order valence-corrected chi connectivity index (χ2v) is 5.05. The van der Waals surface area contributed by atoms with E-state index in [0.717, 1.165) is 36.4 Å². The SMILES string of the molecule is CCCc1nc2ccccc2n1Cc1cscn1. The molecule has 0 aliphatic carbocycles. The van der Waals surface area contributed by atoms with Gasteiger partial charge in [0.15, 0.2) is 0 Å². The third kappa shape index (κ3) is 2.04. The minimum absolute atomic E-state index is 0.819. The van der Waals surface area contributed by atoms with E-state index in [2.05, 4.69) is 40.1 Å². The van der Waals surface area contributed by atoms with Gasteiger partial charge in [-0.3, -0.25) is 0 Å². The molecule has 0 saturated carbocycles. The number of para-hydroxylation sites is 2. The zero-order valence-electron chi connectivity index (χ0n) is 10.3. The molecule has 1 aromatic carbocycles. The highest BCUT2D eigenvalue weighted by Gasteiger charge is 2.10. The van der Waals surface area contributed by atoms with E-state index in [0.29, 0.717) is 0 Å². The van der Waals surface area contributed by atoms with Crippen molar-refractivity contribution >= 4 is 22.4 Å². The summed E-state index contributed by atoms with van der Waals surface area (Å²) < 4.78 is 2.29. The topological polar surface area (TPSA) is 30.7 Å². The molecule has 0 amide bonds. The summed E-state index contributed by atoms with van der Waals surface area (Å²) >= 11 is 1.64. The predicted molar refractivity (Wildman–Crippen MR) is 74.9 cm³/mol. The normalized spacial score (nSPS) is 11.2. The Morgan fingerprint density at radius 3 is 2.94 bits per heavy atom. The average molecular weight is 257 g/mol. The van der Waals surface area contributed by atoms with Crippen LogP contribution in [-0.4, -0.2) is 14.5 Å². The lowest BCUT2D eigenvalue weighted by Crippen LogP contribution is -2.05. The zero-order chi connectivity index (χ0) is 12.4. The number of fused-ring (bicyclic) bond motifs is 1. The van der Waals surface area contributed by atoms with Crippen LogP contribution in [0, 0.1) is 0 Å². The first kappa shape index (κ1) is 11.4. The lowest BCUT2D eigenvalue weighted by Gasteiger charge is -2.06. The lowest BCUT2D eigenvalue weighted by atomic mass is 10.3. The molecule has 0 radical (unpaired) electrons. The molecule has 0 atom stereocenters. The third-order valence-electron chi connectivity index (χ3n) is 3.01. The lowest BCUT2D eigenvalue weighted by molar-refractivity contribution is 0.712. The van der Waals surface area contributed by atoms with Crippen LogP contribution in [0.4, 0.5) is 0 Å². The summed E-state index contributed by atoms with van der Waals surface area (Å²) in [5.41, 5.74) is 5.28. The number of aromatic nitrogens is 3. The molecule has 2 aromatic heterocycles.